The highest BCUT2D eigenvalue weighted by molar-refractivity contribution is 9.10. The Bertz CT molecular complexity index is 566. The number of anilines is 1. The van der Waals surface area contributed by atoms with Crippen LogP contribution in [0, 0.1) is 6.92 Å². The predicted octanol–water partition coefficient (Wildman–Crippen LogP) is 5.33. The molecule has 1 N–H and O–H groups in total. The predicted molar refractivity (Wildman–Crippen MR) is 88.5 cm³/mol. The molecule has 0 amide bonds. The van der Waals surface area contributed by atoms with Crippen LogP contribution < -0.4 is 10.1 Å². The molecule has 2 aromatic rings. The van der Waals surface area contributed by atoms with Gasteiger partial charge in [0, 0.05) is 16.2 Å². The summed E-state index contributed by atoms with van der Waals surface area (Å²) < 4.78 is 6.55. The van der Waals surface area contributed by atoms with E-state index in [4.69, 9.17) is 4.74 Å². The minimum absolute atomic E-state index is 0.240. The number of nitrogens with one attached hydrogen (secondary N) is 1. The van der Waals surface area contributed by atoms with Gasteiger partial charge in [0.05, 0.1) is 6.61 Å². The molecule has 1 unspecified atom stereocenters. The van der Waals surface area contributed by atoms with Crippen LogP contribution in [0.15, 0.2) is 46.9 Å². The molecule has 2 nitrogen and oxygen atoms in total. The van der Waals surface area contributed by atoms with Crippen LogP contribution in [-0.2, 0) is 0 Å². The van der Waals surface area contributed by atoms with Crippen LogP contribution in [0.25, 0.3) is 0 Å². The topological polar surface area (TPSA) is 21.3 Å². The van der Waals surface area contributed by atoms with Gasteiger partial charge in [0.1, 0.15) is 5.75 Å². The van der Waals surface area contributed by atoms with E-state index in [0.29, 0.717) is 6.61 Å². The molecule has 0 aliphatic heterocycles. The van der Waals surface area contributed by atoms with Gasteiger partial charge in [-0.2, -0.15) is 0 Å². The molecule has 2 aromatic carbocycles. The lowest BCUT2D eigenvalue weighted by atomic mass is 10.1. The Morgan fingerprint density at radius 2 is 1.85 bits per heavy atom. The second-order valence-corrected chi connectivity index (χ2v) is 5.71. The van der Waals surface area contributed by atoms with Crippen LogP contribution in [0.2, 0.25) is 0 Å². The lowest BCUT2D eigenvalue weighted by molar-refractivity contribution is 0.340. The number of hydrogen-bond donors (Lipinski definition) is 1. The molecule has 3 heteroatoms. The molecular weight excluding hydrogens is 314 g/mol. The van der Waals surface area contributed by atoms with Gasteiger partial charge in [-0.3, -0.25) is 0 Å². The summed E-state index contributed by atoms with van der Waals surface area (Å²) in [4.78, 5) is 0. The summed E-state index contributed by atoms with van der Waals surface area (Å²) in [6, 6.07) is 14.8. The van der Waals surface area contributed by atoms with E-state index in [0.717, 1.165) is 15.9 Å². The van der Waals surface area contributed by atoms with Crippen LogP contribution in [0.5, 0.6) is 5.75 Å². The third-order valence-corrected chi connectivity index (χ3v) is 3.88. The summed E-state index contributed by atoms with van der Waals surface area (Å²) >= 11 is 3.58. The van der Waals surface area contributed by atoms with Crippen LogP contribution in [0.3, 0.4) is 0 Å². The third kappa shape index (κ3) is 3.76. The summed E-state index contributed by atoms with van der Waals surface area (Å²) in [5, 5.41) is 3.53. The Labute approximate surface area is 129 Å². The molecule has 0 fully saturated rings. The number of aryl methyl sites for hydroxylation is 1. The van der Waals surface area contributed by atoms with Crippen molar-refractivity contribution < 1.29 is 4.74 Å². The zero-order chi connectivity index (χ0) is 14.5. The van der Waals surface area contributed by atoms with Crippen molar-refractivity contribution in [2.75, 3.05) is 11.9 Å². The normalized spacial score (nSPS) is 12.0. The molecule has 0 aromatic heterocycles. The number of benzene rings is 2. The van der Waals surface area contributed by atoms with E-state index in [9.17, 15) is 0 Å². The Morgan fingerprint density at radius 3 is 2.50 bits per heavy atom. The molecule has 0 spiro atoms. The van der Waals surface area contributed by atoms with Gasteiger partial charge in [0.15, 0.2) is 0 Å². The lowest BCUT2D eigenvalue weighted by Gasteiger charge is -2.18. The van der Waals surface area contributed by atoms with Crippen molar-refractivity contribution in [1.29, 1.82) is 0 Å². The summed E-state index contributed by atoms with van der Waals surface area (Å²) in [6.45, 7) is 6.94. The van der Waals surface area contributed by atoms with Crippen LogP contribution in [0.4, 0.5) is 5.69 Å². The van der Waals surface area contributed by atoms with Crippen molar-refractivity contribution >= 4 is 21.6 Å². The third-order valence-electron chi connectivity index (χ3n) is 3.18. The molecule has 0 radical (unpaired) electrons. The minimum Gasteiger partial charge on any atom is -0.494 e. The van der Waals surface area contributed by atoms with Crippen LogP contribution >= 0.6 is 15.9 Å². The summed E-state index contributed by atoms with van der Waals surface area (Å²) in [6.07, 6.45) is 0. The summed E-state index contributed by atoms with van der Waals surface area (Å²) in [5.74, 6) is 0.917. The Balaban J connectivity index is 2.11. The fourth-order valence-electron chi connectivity index (χ4n) is 2.09. The zero-order valence-corrected chi connectivity index (χ0v) is 13.7. The highest BCUT2D eigenvalue weighted by Crippen LogP contribution is 2.28. The van der Waals surface area contributed by atoms with Crippen molar-refractivity contribution in [2.45, 2.75) is 26.8 Å². The van der Waals surface area contributed by atoms with Crippen molar-refractivity contribution in [3.8, 4) is 5.75 Å². The van der Waals surface area contributed by atoms with Gasteiger partial charge in [-0.1, -0.05) is 18.2 Å². The molecule has 106 valence electrons. The van der Waals surface area contributed by atoms with E-state index < -0.39 is 0 Å². The lowest BCUT2D eigenvalue weighted by Crippen LogP contribution is -2.07. The van der Waals surface area contributed by atoms with Gasteiger partial charge >= 0.3 is 0 Å². The van der Waals surface area contributed by atoms with E-state index in [2.05, 4.69) is 65.4 Å². The molecule has 0 heterocycles. The van der Waals surface area contributed by atoms with Gasteiger partial charge in [0.25, 0.3) is 0 Å². The SMILES string of the molecule is CCOc1ccc(C(C)Nc2cc(C)ccc2Br)cc1. The molecule has 2 rings (SSSR count). The van der Waals surface area contributed by atoms with Crippen LogP contribution in [-0.4, -0.2) is 6.61 Å². The van der Waals surface area contributed by atoms with Gasteiger partial charge < -0.3 is 10.1 Å². The first-order valence-corrected chi connectivity index (χ1v) is 7.65. The average Bonchev–Trinajstić information content (AvgIpc) is 2.44. The Morgan fingerprint density at radius 1 is 1.15 bits per heavy atom. The molecule has 0 aliphatic carbocycles. The summed E-state index contributed by atoms with van der Waals surface area (Å²) in [5.41, 5.74) is 3.60. The molecule has 1 atom stereocenters. The highest BCUT2D eigenvalue weighted by Gasteiger charge is 2.08. The van der Waals surface area contributed by atoms with E-state index in [1.807, 2.05) is 19.1 Å². The number of ether oxygens (including phenoxy) is 1. The number of halogens is 1. The van der Waals surface area contributed by atoms with Gasteiger partial charge in [-0.15, -0.1) is 0 Å². The second kappa shape index (κ2) is 6.80. The summed E-state index contributed by atoms with van der Waals surface area (Å²) in [7, 11) is 0. The molecule has 0 saturated carbocycles. The van der Waals surface area contributed by atoms with Gasteiger partial charge in [0.2, 0.25) is 0 Å². The minimum atomic E-state index is 0.240. The van der Waals surface area contributed by atoms with Crippen molar-refractivity contribution in [3.63, 3.8) is 0 Å². The van der Waals surface area contributed by atoms with Crippen molar-refractivity contribution in [3.05, 3.63) is 58.1 Å². The standard InChI is InChI=1S/C17H20BrNO/c1-4-20-15-8-6-14(7-9-15)13(3)19-17-11-12(2)5-10-16(17)18/h5-11,13,19H,4H2,1-3H3. The van der Waals surface area contributed by atoms with Crippen molar-refractivity contribution in [2.24, 2.45) is 0 Å². The van der Waals surface area contributed by atoms with E-state index in [1.165, 1.54) is 11.1 Å². The molecule has 0 saturated heterocycles. The van der Waals surface area contributed by atoms with Crippen molar-refractivity contribution in [1.82, 2.24) is 0 Å². The van der Waals surface area contributed by atoms with Gasteiger partial charge in [-0.05, 0) is 72.1 Å². The van der Waals surface area contributed by atoms with Crippen LogP contribution in [0.1, 0.15) is 31.0 Å². The number of hydrogen-bond acceptors (Lipinski definition) is 2. The first-order chi connectivity index (χ1) is 9.60. The maximum absolute atomic E-state index is 5.47. The maximum atomic E-state index is 5.47. The fraction of sp³-hybridized carbons (Fsp3) is 0.294. The first-order valence-electron chi connectivity index (χ1n) is 6.85. The highest BCUT2D eigenvalue weighted by atomic mass is 79.9. The van der Waals surface area contributed by atoms with E-state index in [-0.39, 0.29) is 6.04 Å². The molecule has 0 aliphatic rings. The average molecular weight is 334 g/mol. The Kier molecular flexibility index (Phi) is 5.07. The Hall–Kier alpha value is -1.48. The maximum Gasteiger partial charge on any atom is 0.119 e. The molecule has 20 heavy (non-hydrogen) atoms. The smallest absolute Gasteiger partial charge is 0.119 e. The van der Waals surface area contributed by atoms with E-state index >= 15 is 0 Å². The van der Waals surface area contributed by atoms with E-state index in [1.54, 1.807) is 0 Å². The monoisotopic (exact) mass is 333 g/mol. The largest absolute Gasteiger partial charge is 0.494 e. The van der Waals surface area contributed by atoms with Gasteiger partial charge in [-0.25, -0.2) is 0 Å². The fourth-order valence-corrected chi connectivity index (χ4v) is 2.45. The zero-order valence-electron chi connectivity index (χ0n) is 12.1. The second-order valence-electron chi connectivity index (χ2n) is 4.85. The molecule has 0 bridgehead atoms. The molecular formula is C17H20BrNO. The first kappa shape index (κ1) is 14.9. The number of rotatable bonds is 5. The quantitative estimate of drug-likeness (QED) is 0.798.